The van der Waals surface area contributed by atoms with Crippen molar-refractivity contribution in [2.45, 2.75) is 20.1 Å². The van der Waals surface area contributed by atoms with Crippen molar-refractivity contribution in [1.82, 2.24) is 15.2 Å². The van der Waals surface area contributed by atoms with Crippen LogP contribution < -0.4 is 10.2 Å². The van der Waals surface area contributed by atoms with E-state index < -0.39 is 0 Å². The Morgan fingerprint density at radius 1 is 1.21 bits per heavy atom. The Morgan fingerprint density at radius 2 is 2.00 bits per heavy atom. The lowest BCUT2D eigenvalue weighted by Crippen LogP contribution is -2.51. The van der Waals surface area contributed by atoms with E-state index >= 15 is 0 Å². The van der Waals surface area contributed by atoms with Gasteiger partial charge in [0.25, 0.3) is 0 Å². The van der Waals surface area contributed by atoms with Crippen LogP contribution in [0.25, 0.3) is 0 Å². The standard InChI is InChI=1S/C21H25N5O2/c1-2-28-16-18-5-3-4-17(12-18)14-24-21(27)26-10-8-25(9-11-26)20-7-6-19(13-22)15-23-20/h3-7,12,15H,2,8-11,14,16H2,1H3,(H,24,27). The van der Waals surface area contributed by atoms with Crippen LogP contribution in [0.5, 0.6) is 0 Å². The van der Waals surface area contributed by atoms with E-state index in [0.29, 0.717) is 38.4 Å². The fourth-order valence-electron chi connectivity index (χ4n) is 3.12. The van der Waals surface area contributed by atoms with Gasteiger partial charge in [-0.05, 0) is 30.2 Å². The molecule has 0 atom stereocenters. The molecule has 2 aromatic rings. The number of aromatic nitrogens is 1. The number of nitrogens with zero attached hydrogens (tertiary/aromatic N) is 4. The minimum atomic E-state index is -0.0531. The molecule has 0 aliphatic carbocycles. The molecule has 1 aromatic carbocycles. The van der Waals surface area contributed by atoms with Crippen molar-refractivity contribution in [2.75, 3.05) is 37.7 Å². The molecule has 0 saturated carbocycles. The predicted molar refractivity (Wildman–Crippen MR) is 107 cm³/mol. The molecule has 2 amide bonds. The molecule has 0 unspecified atom stereocenters. The number of piperazine rings is 1. The number of rotatable bonds is 6. The van der Waals surface area contributed by atoms with Gasteiger partial charge in [-0.15, -0.1) is 0 Å². The van der Waals surface area contributed by atoms with Gasteiger partial charge in [-0.2, -0.15) is 5.26 Å². The first-order valence-electron chi connectivity index (χ1n) is 9.49. The number of carbonyl (C=O) groups excluding carboxylic acids is 1. The highest BCUT2D eigenvalue weighted by Crippen LogP contribution is 2.14. The molecule has 7 heteroatoms. The van der Waals surface area contributed by atoms with E-state index in [1.807, 2.05) is 36.1 Å². The van der Waals surface area contributed by atoms with Crippen molar-refractivity contribution in [3.63, 3.8) is 0 Å². The number of hydrogen-bond acceptors (Lipinski definition) is 5. The van der Waals surface area contributed by atoms with E-state index in [4.69, 9.17) is 10.00 Å². The van der Waals surface area contributed by atoms with E-state index in [9.17, 15) is 4.79 Å². The van der Waals surface area contributed by atoms with Crippen molar-refractivity contribution < 1.29 is 9.53 Å². The Labute approximate surface area is 165 Å². The average Bonchev–Trinajstić information content (AvgIpc) is 2.76. The smallest absolute Gasteiger partial charge is 0.317 e. The molecule has 7 nitrogen and oxygen atoms in total. The lowest BCUT2D eigenvalue weighted by atomic mass is 10.1. The summed E-state index contributed by atoms with van der Waals surface area (Å²) in [5.41, 5.74) is 2.72. The van der Waals surface area contributed by atoms with Gasteiger partial charge in [-0.1, -0.05) is 24.3 Å². The second-order valence-corrected chi connectivity index (χ2v) is 6.61. The predicted octanol–water partition coefficient (Wildman–Crippen LogP) is 2.52. The van der Waals surface area contributed by atoms with Gasteiger partial charge >= 0.3 is 6.03 Å². The summed E-state index contributed by atoms with van der Waals surface area (Å²) in [6, 6.07) is 13.7. The molecule has 0 spiro atoms. The first kappa shape index (κ1) is 19.6. The number of ether oxygens (including phenoxy) is 1. The third-order valence-electron chi connectivity index (χ3n) is 4.68. The Balaban J connectivity index is 1.47. The topological polar surface area (TPSA) is 81.5 Å². The maximum atomic E-state index is 12.5. The molecular weight excluding hydrogens is 354 g/mol. The molecule has 146 valence electrons. The van der Waals surface area contributed by atoms with Crippen LogP contribution in [0.2, 0.25) is 0 Å². The first-order valence-corrected chi connectivity index (χ1v) is 9.49. The van der Waals surface area contributed by atoms with Crippen molar-refractivity contribution in [1.29, 1.82) is 5.26 Å². The highest BCUT2D eigenvalue weighted by molar-refractivity contribution is 5.74. The maximum Gasteiger partial charge on any atom is 0.317 e. The number of hydrogen-bond donors (Lipinski definition) is 1. The molecule has 1 aliphatic heterocycles. The summed E-state index contributed by atoms with van der Waals surface area (Å²) < 4.78 is 5.43. The SMILES string of the molecule is CCOCc1cccc(CNC(=O)N2CCN(c3ccc(C#N)cn3)CC2)c1. The van der Waals surface area contributed by atoms with Crippen LogP contribution in [0.4, 0.5) is 10.6 Å². The van der Waals surface area contributed by atoms with Gasteiger partial charge < -0.3 is 19.9 Å². The maximum absolute atomic E-state index is 12.5. The molecule has 0 radical (unpaired) electrons. The van der Waals surface area contributed by atoms with E-state index in [0.717, 1.165) is 30.0 Å². The van der Waals surface area contributed by atoms with Gasteiger partial charge in [-0.3, -0.25) is 0 Å². The van der Waals surface area contributed by atoms with Crippen LogP contribution in [0.1, 0.15) is 23.6 Å². The molecule has 1 N–H and O–H groups in total. The van der Waals surface area contributed by atoms with Gasteiger partial charge in [0, 0.05) is 45.5 Å². The second-order valence-electron chi connectivity index (χ2n) is 6.61. The lowest BCUT2D eigenvalue weighted by Gasteiger charge is -2.35. The van der Waals surface area contributed by atoms with E-state index in [1.54, 1.807) is 12.3 Å². The van der Waals surface area contributed by atoms with Crippen LogP contribution in [-0.4, -0.2) is 48.7 Å². The van der Waals surface area contributed by atoms with Gasteiger partial charge in [0.2, 0.25) is 0 Å². The average molecular weight is 379 g/mol. The highest BCUT2D eigenvalue weighted by atomic mass is 16.5. The summed E-state index contributed by atoms with van der Waals surface area (Å²) in [5.74, 6) is 0.838. The first-order chi connectivity index (χ1) is 13.7. The lowest BCUT2D eigenvalue weighted by molar-refractivity contribution is 0.134. The van der Waals surface area contributed by atoms with Crippen molar-refractivity contribution in [3.8, 4) is 6.07 Å². The molecule has 1 fully saturated rings. The van der Waals surface area contributed by atoms with Gasteiger partial charge in [0.15, 0.2) is 0 Å². The van der Waals surface area contributed by atoms with Crippen molar-refractivity contribution in [2.24, 2.45) is 0 Å². The number of benzene rings is 1. The largest absolute Gasteiger partial charge is 0.377 e. The van der Waals surface area contributed by atoms with Crippen LogP contribution in [0, 0.1) is 11.3 Å². The third-order valence-corrected chi connectivity index (χ3v) is 4.68. The zero-order valence-corrected chi connectivity index (χ0v) is 16.1. The number of amides is 2. The summed E-state index contributed by atoms with van der Waals surface area (Å²) in [7, 11) is 0. The summed E-state index contributed by atoms with van der Waals surface area (Å²) in [4.78, 5) is 20.7. The summed E-state index contributed by atoms with van der Waals surface area (Å²) in [5, 5.41) is 11.9. The fraction of sp³-hybridized carbons (Fsp3) is 0.381. The van der Waals surface area contributed by atoms with Gasteiger partial charge in [0.1, 0.15) is 11.9 Å². The van der Waals surface area contributed by atoms with Gasteiger partial charge in [-0.25, -0.2) is 9.78 Å². The molecule has 1 aromatic heterocycles. The molecule has 2 heterocycles. The molecule has 1 saturated heterocycles. The normalized spacial score (nSPS) is 13.9. The van der Waals surface area contributed by atoms with Crippen molar-refractivity contribution >= 4 is 11.8 Å². The molecule has 1 aliphatic rings. The van der Waals surface area contributed by atoms with Crippen LogP contribution >= 0.6 is 0 Å². The minimum Gasteiger partial charge on any atom is -0.377 e. The quantitative estimate of drug-likeness (QED) is 0.834. The Morgan fingerprint density at radius 3 is 2.68 bits per heavy atom. The summed E-state index contributed by atoms with van der Waals surface area (Å²) >= 11 is 0. The highest BCUT2D eigenvalue weighted by Gasteiger charge is 2.21. The Hall–Kier alpha value is -3.11. The van der Waals surface area contributed by atoms with Crippen LogP contribution in [-0.2, 0) is 17.9 Å². The van der Waals surface area contributed by atoms with Crippen LogP contribution in [0.15, 0.2) is 42.6 Å². The number of carbonyl (C=O) groups is 1. The number of pyridine rings is 1. The van der Waals surface area contributed by atoms with Crippen LogP contribution in [0.3, 0.4) is 0 Å². The van der Waals surface area contributed by atoms with Gasteiger partial charge in [0.05, 0.1) is 12.2 Å². The van der Waals surface area contributed by atoms with E-state index in [-0.39, 0.29) is 6.03 Å². The number of anilines is 1. The zero-order valence-electron chi connectivity index (χ0n) is 16.1. The third kappa shape index (κ3) is 5.21. The van der Waals surface area contributed by atoms with E-state index in [1.165, 1.54) is 0 Å². The zero-order chi connectivity index (χ0) is 19.8. The molecule has 28 heavy (non-hydrogen) atoms. The number of nitriles is 1. The number of urea groups is 1. The number of nitrogens with one attached hydrogen (secondary N) is 1. The van der Waals surface area contributed by atoms with Crippen molar-refractivity contribution in [3.05, 3.63) is 59.3 Å². The monoisotopic (exact) mass is 379 g/mol. The Kier molecular flexibility index (Phi) is 6.82. The van der Waals surface area contributed by atoms with E-state index in [2.05, 4.69) is 27.3 Å². The Bertz CT molecular complexity index is 823. The minimum absolute atomic E-state index is 0.0531. The summed E-state index contributed by atoms with van der Waals surface area (Å²) in [6.45, 7) is 6.45. The second kappa shape index (κ2) is 9.72. The molecule has 0 bridgehead atoms. The summed E-state index contributed by atoms with van der Waals surface area (Å²) in [6.07, 6.45) is 1.58. The molecular formula is C21H25N5O2. The fourth-order valence-corrected chi connectivity index (χ4v) is 3.12. The molecule has 3 rings (SSSR count).